The number of benzene rings is 2. The first-order valence-corrected chi connectivity index (χ1v) is 7.13. The summed E-state index contributed by atoms with van der Waals surface area (Å²) in [6.07, 6.45) is 3.41. The van der Waals surface area contributed by atoms with Crippen LogP contribution >= 0.6 is 0 Å². The number of aryl methyl sites for hydroxylation is 1. The number of unbranched alkanes of at least 4 members (excludes halogenated alkanes) is 1. The number of hydrogen-bond acceptors (Lipinski definition) is 2. The molecule has 0 aliphatic rings. The molecule has 0 radical (unpaired) electrons. The Bertz CT molecular complexity index is 477. The number of ether oxygens (including phenoxy) is 2. The number of methoxy groups -OCH3 is 1. The average Bonchev–Trinajstić information content (AvgIpc) is 2.52. The van der Waals surface area contributed by atoms with Gasteiger partial charge in [0, 0.05) is 6.61 Å². The Labute approximate surface area is 121 Å². The van der Waals surface area contributed by atoms with E-state index in [2.05, 4.69) is 30.3 Å². The van der Waals surface area contributed by atoms with Gasteiger partial charge < -0.3 is 9.47 Å². The van der Waals surface area contributed by atoms with Gasteiger partial charge in [0.2, 0.25) is 0 Å². The van der Waals surface area contributed by atoms with Crippen LogP contribution in [-0.4, -0.2) is 13.7 Å². The lowest BCUT2D eigenvalue weighted by atomic mass is 10.1. The molecule has 2 heteroatoms. The van der Waals surface area contributed by atoms with Crippen LogP contribution in [0.2, 0.25) is 0 Å². The molecule has 2 rings (SSSR count). The lowest BCUT2D eigenvalue weighted by Gasteiger charge is -2.06. The molecule has 0 aliphatic carbocycles. The third kappa shape index (κ3) is 5.06. The molecule has 0 fully saturated rings. The van der Waals surface area contributed by atoms with Crippen LogP contribution in [0.5, 0.6) is 5.75 Å². The highest BCUT2D eigenvalue weighted by Gasteiger charge is 1.96. The Morgan fingerprint density at radius 1 is 0.800 bits per heavy atom. The maximum Gasteiger partial charge on any atom is 0.118 e. The normalized spacial score (nSPS) is 10.4. The van der Waals surface area contributed by atoms with E-state index in [1.54, 1.807) is 7.11 Å². The molecule has 2 nitrogen and oxygen atoms in total. The summed E-state index contributed by atoms with van der Waals surface area (Å²) in [6.45, 7) is 1.49. The van der Waals surface area contributed by atoms with E-state index in [0.717, 1.165) is 25.2 Å². The van der Waals surface area contributed by atoms with Crippen molar-refractivity contribution in [2.24, 2.45) is 0 Å². The molecule has 2 aromatic rings. The van der Waals surface area contributed by atoms with Crippen molar-refractivity contribution in [3.05, 3.63) is 65.7 Å². The second-order valence-corrected chi connectivity index (χ2v) is 4.84. The van der Waals surface area contributed by atoms with Crippen molar-refractivity contribution in [1.82, 2.24) is 0 Å². The monoisotopic (exact) mass is 270 g/mol. The molecule has 0 atom stereocenters. The van der Waals surface area contributed by atoms with Crippen LogP contribution in [-0.2, 0) is 17.8 Å². The number of rotatable bonds is 8. The van der Waals surface area contributed by atoms with Crippen molar-refractivity contribution in [3.63, 3.8) is 0 Å². The van der Waals surface area contributed by atoms with Gasteiger partial charge in [-0.1, -0.05) is 42.5 Å². The van der Waals surface area contributed by atoms with Gasteiger partial charge in [0.05, 0.1) is 13.7 Å². The standard InChI is InChI=1S/C18H22O2/c1-19-18-12-10-17(11-13-18)15-20-14-6-5-9-16-7-3-2-4-8-16/h2-4,7-8,10-13H,5-6,9,14-15H2,1H3. The van der Waals surface area contributed by atoms with E-state index in [-0.39, 0.29) is 0 Å². The summed E-state index contributed by atoms with van der Waals surface area (Å²) in [5.74, 6) is 0.886. The molecular weight excluding hydrogens is 248 g/mol. The molecule has 0 bridgehead atoms. The smallest absolute Gasteiger partial charge is 0.118 e. The highest BCUT2D eigenvalue weighted by atomic mass is 16.5. The minimum absolute atomic E-state index is 0.676. The topological polar surface area (TPSA) is 18.5 Å². The van der Waals surface area contributed by atoms with Crippen molar-refractivity contribution in [2.75, 3.05) is 13.7 Å². The molecule has 0 spiro atoms. The van der Waals surface area contributed by atoms with E-state index in [1.165, 1.54) is 17.5 Å². The molecule has 106 valence electrons. The SMILES string of the molecule is COc1ccc(COCCCCc2ccccc2)cc1. The predicted molar refractivity (Wildman–Crippen MR) is 82.0 cm³/mol. The van der Waals surface area contributed by atoms with E-state index in [1.807, 2.05) is 24.3 Å². The summed E-state index contributed by atoms with van der Waals surface area (Å²) in [5, 5.41) is 0. The minimum atomic E-state index is 0.676. The predicted octanol–water partition coefficient (Wildman–Crippen LogP) is 4.23. The first-order valence-electron chi connectivity index (χ1n) is 7.13. The van der Waals surface area contributed by atoms with E-state index in [0.29, 0.717) is 6.61 Å². The van der Waals surface area contributed by atoms with Crippen molar-refractivity contribution in [1.29, 1.82) is 0 Å². The van der Waals surface area contributed by atoms with Gasteiger partial charge in [-0.25, -0.2) is 0 Å². The summed E-state index contributed by atoms with van der Waals surface area (Å²) >= 11 is 0. The van der Waals surface area contributed by atoms with Crippen molar-refractivity contribution >= 4 is 0 Å². The second kappa shape index (κ2) is 8.39. The van der Waals surface area contributed by atoms with Crippen LogP contribution in [0.25, 0.3) is 0 Å². The molecular formula is C18H22O2. The Balaban J connectivity index is 1.57. The van der Waals surface area contributed by atoms with Crippen LogP contribution in [0.1, 0.15) is 24.0 Å². The van der Waals surface area contributed by atoms with E-state index in [9.17, 15) is 0 Å². The van der Waals surface area contributed by atoms with Gasteiger partial charge >= 0.3 is 0 Å². The van der Waals surface area contributed by atoms with Crippen LogP contribution in [0.4, 0.5) is 0 Å². The molecule has 2 aromatic carbocycles. The fourth-order valence-electron chi connectivity index (χ4n) is 2.09. The zero-order chi connectivity index (χ0) is 14.0. The minimum Gasteiger partial charge on any atom is -0.497 e. The van der Waals surface area contributed by atoms with Crippen LogP contribution < -0.4 is 4.74 Å². The lowest BCUT2D eigenvalue weighted by Crippen LogP contribution is -1.96. The van der Waals surface area contributed by atoms with E-state index >= 15 is 0 Å². The lowest BCUT2D eigenvalue weighted by molar-refractivity contribution is 0.117. The van der Waals surface area contributed by atoms with Crippen LogP contribution in [0.15, 0.2) is 54.6 Å². The van der Waals surface area contributed by atoms with Crippen molar-refractivity contribution < 1.29 is 9.47 Å². The first-order chi connectivity index (χ1) is 9.88. The Hall–Kier alpha value is -1.80. The van der Waals surface area contributed by atoms with Crippen LogP contribution in [0.3, 0.4) is 0 Å². The Kier molecular flexibility index (Phi) is 6.12. The van der Waals surface area contributed by atoms with Crippen LogP contribution in [0, 0.1) is 0 Å². The molecule has 0 aliphatic heterocycles. The maximum atomic E-state index is 5.69. The van der Waals surface area contributed by atoms with Gasteiger partial charge in [0.15, 0.2) is 0 Å². The first kappa shape index (κ1) is 14.6. The summed E-state index contributed by atoms with van der Waals surface area (Å²) in [7, 11) is 1.68. The second-order valence-electron chi connectivity index (χ2n) is 4.84. The zero-order valence-corrected chi connectivity index (χ0v) is 12.0. The summed E-state index contributed by atoms with van der Waals surface area (Å²) in [6, 6.07) is 18.6. The molecule has 0 N–H and O–H groups in total. The maximum absolute atomic E-state index is 5.69. The highest BCUT2D eigenvalue weighted by molar-refractivity contribution is 5.26. The van der Waals surface area contributed by atoms with Gasteiger partial charge in [-0.05, 0) is 42.5 Å². The fraction of sp³-hybridized carbons (Fsp3) is 0.333. The molecule has 0 saturated carbocycles. The molecule has 0 amide bonds. The summed E-state index contributed by atoms with van der Waals surface area (Å²) in [5.41, 5.74) is 2.59. The largest absolute Gasteiger partial charge is 0.497 e. The number of hydrogen-bond donors (Lipinski definition) is 0. The van der Waals surface area contributed by atoms with Crippen molar-refractivity contribution in [3.8, 4) is 5.75 Å². The molecule has 20 heavy (non-hydrogen) atoms. The van der Waals surface area contributed by atoms with Gasteiger partial charge in [0.1, 0.15) is 5.75 Å². The van der Waals surface area contributed by atoms with Gasteiger partial charge in [0.25, 0.3) is 0 Å². The van der Waals surface area contributed by atoms with E-state index in [4.69, 9.17) is 9.47 Å². The van der Waals surface area contributed by atoms with E-state index < -0.39 is 0 Å². The summed E-state index contributed by atoms with van der Waals surface area (Å²) < 4.78 is 10.8. The summed E-state index contributed by atoms with van der Waals surface area (Å²) in [4.78, 5) is 0. The molecule has 0 heterocycles. The Morgan fingerprint density at radius 3 is 2.25 bits per heavy atom. The fourth-order valence-corrected chi connectivity index (χ4v) is 2.09. The van der Waals surface area contributed by atoms with Crippen molar-refractivity contribution in [2.45, 2.75) is 25.9 Å². The Morgan fingerprint density at radius 2 is 1.55 bits per heavy atom. The third-order valence-corrected chi connectivity index (χ3v) is 3.27. The zero-order valence-electron chi connectivity index (χ0n) is 12.0. The molecule has 0 unspecified atom stereocenters. The third-order valence-electron chi connectivity index (χ3n) is 3.27. The van der Waals surface area contributed by atoms with Gasteiger partial charge in [-0.15, -0.1) is 0 Å². The van der Waals surface area contributed by atoms with Gasteiger partial charge in [-0.2, -0.15) is 0 Å². The highest BCUT2D eigenvalue weighted by Crippen LogP contribution is 2.12. The molecule has 0 aromatic heterocycles. The molecule has 0 saturated heterocycles. The average molecular weight is 270 g/mol. The van der Waals surface area contributed by atoms with Gasteiger partial charge in [-0.3, -0.25) is 0 Å². The quantitative estimate of drug-likeness (QED) is 0.668.